The van der Waals surface area contributed by atoms with Crippen LogP contribution in [0.5, 0.6) is 5.75 Å². The van der Waals surface area contributed by atoms with E-state index >= 15 is 0 Å². The van der Waals surface area contributed by atoms with E-state index in [1.54, 1.807) is 24.1 Å². The highest BCUT2D eigenvalue weighted by Gasteiger charge is 2.18. The zero-order valence-corrected chi connectivity index (χ0v) is 12.5. The Kier molecular flexibility index (Phi) is 5.99. The van der Waals surface area contributed by atoms with Crippen molar-refractivity contribution in [1.82, 2.24) is 10.2 Å². The fourth-order valence-electron chi connectivity index (χ4n) is 2.47. The Morgan fingerprint density at radius 2 is 2.19 bits per heavy atom. The van der Waals surface area contributed by atoms with Gasteiger partial charge in [-0.2, -0.15) is 0 Å². The highest BCUT2D eigenvalue weighted by atomic mass is 19.1. The van der Waals surface area contributed by atoms with Gasteiger partial charge in [0.15, 0.2) is 0 Å². The summed E-state index contributed by atoms with van der Waals surface area (Å²) in [4.78, 5) is 13.8. The molecular weight excluding hydrogens is 271 g/mol. The molecule has 0 aliphatic carbocycles. The average Bonchev–Trinajstić information content (AvgIpc) is 2.48. The van der Waals surface area contributed by atoms with Crippen molar-refractivity contribution in [2.24, 2.45) is 5.92 Å². The van der Waals surface area contributed by atoms with Crippen molar-refractivity contribution in [3.63, 3.8) is 0 Å². The van der Waals surface area contributed by atoms with Gasteiger partial charge in [-0.15, -0.1) is 0 Å². The minimum Gasteiger partial charge on any atom is -0.492 e. The van der Waals surface area contributed by atoms with E-state index in [9.17, 15) is 9.18 Å². The van der Waals surface area contributed by atoms with E-state index in [-0.39, 0.29) is 11.7 Å². The number of hydrogen-bond acceptors (Lipinski definition) is 3. The molecule has 21 heavy (non-hydrogen) atoms. The van der Waals surface area contributed by atoms with Crippen LogP contribution in [0.4, 0.5) is 4.39 Å². The fraction of sp³-hybridized carbons (Fsp3) is 0.562. The molecule has 0 unspecified atom stereocenters. The van der Waals surface area contributed by atoms with Gasteiger partial charge in [0, 0.05) is 19.5 Å². The van der Waals surface area contributed by atoms with E-state index in [1.807, 2.05) is 0 Å². The van der Waals surface area contributed by atoms with Gasteiger partial charge in [-0.1, -0.05) is 6.07 Å². The molecule has 5 heteroatoms. The van der Waals surface area contributed by atoms with E-state index in [0.717, 1.165) is 25.9 Å². The quantitative estimate of drug-likeness (QED) is 0.873. The first-order valence-corrected chi connectivity index (χ1v) is 7.48. The molecule has 0 aromatic heterocycles. The summed E-state index contributed by atoms with van der Waals surface area (Å²) in [5.41, 5.74) is 0. The number of benzene rings is 1. The van der Waals surface area contributed by atoms with Crippen LogP contribution in [0.25, 0.3) is 0 Å². The summed E-state index contributed by atoms with van der Waals surface area (Å²) in [7, 11) is 1.79. The summed E-state index contributed by atoms with van der Waals surface area (Å²) < 4.78 is 18.4. The number of hydrogen-bond donors (Lipinski definition) is 1. The van der Waals surface area contributed by atoms with E-state index in [4.69, 9.17) is 4.74 Å². The predicted molar refractivity (Wildman–Crippen MR) is 79.7 cm³/mol. The van der Waals surface area contributed by atoms with Crippen LogP contribution in [0.15, 0.2) is 24.3 Å². The van der Waals surface area contributed by atoms with Gasteiger partial charge in [0.25, 0.3) is 0 Å². The lowest BCUT2D eigenvalue weighted by Gasteiger charge is -2.25. The molecule has 0 radical (unpaired) electrons. The minimum atomic E-state index is -0.317. The average molecular weight is 294 g/mol. The molecule has 1 amide bonds. The monoisotopic (exact) mass is 294 g/mol. The summed E-state index contributed by atoms with van der Waals surface area (Å²) in [6.07, 6.45) is 2.75. The molecule has 1 N–H and O–H groups in total. The van der Waals surface area contributed by atoms with Crippen LogP contribution >= 0.6 is 0 Å². The zero-order chi connectivity index (χ0) is 15.1. The third kappa shape index (κ3) is 5.34. The SMILES string of the molecule is CN(CCOc1cccc(F)c1)C(=O)CC1CCNCC1. The molecule has 1 fully saturated rings. The van der Waals surface area contributed by atoms with Gasteiger partial charge in [-0.25, -0.2) is 4.39 Å². The number of ether oxygens (including phenoxy) is 1. The number of nitrogens with zero attached hydrogens (tertiary/aromatic N) is 1. The first-order chi connectivity index (χ1) is 10.1. The molecule has 1 saturated heterocycles. The van der Waals surface area contributed by atoms with E-state index in [1.165, 1.54) is 12.1 Å². The van der Waals surface area contributed by atoms with Gasteiger partial charge >= 0.3 is 0 Å². The lowest BCUT2D eigenvalue weighted by molar-refractivity contribution is -0.131. The van der Waals surface area contributed by atoms with Gasteiger partial charge in [-0.05, 0) is 44.0 Å². The highest BCUT2D eigenvalue weighted by molar-refractivity contribution is 5.76. The van der Waals surface area contributed by atoms with Gasteiger partial charge in [0.2, 0.25) is 5.91 Å². The second-order valence-electron chi connectivity index (χ2n) is 5.52. The Balaban J connectivity index is 1.68. The van der Waals surface area contributed by atoms with Crippen molar-refractivity contribution in [2.45, 2.75) is 19.3 Å². The topological polar surface area (TPSA) is 41.6 Å². The largest absolute Gasteiger partial charge is 0.492 e. The molecule has 1 aromatic carbocycles. The smallest absolute Gasteiger partial charge is 0.222 e. The van der Waals surface area contributed by atoms with Crippen molar-refractivity contribution < 1.29 is 13.9 Å². The van der Waals surface area contributed by atoms with Crippen molar-refractivity contribution in [3.8, 4) is 5.75 Å². The zero-order valence-electron chi connectivity index (χ0n) is 12.5. The van der Waals surface area contributed by atoms with Crippen molar-refractivity contribution in [2.75, 3.05) is 33.3 Å². The van der Waals surface area contributed by atoms with Gasteiger partial charge in [0.05, 0.1) is 6.54 Å². The first kappa shape index (κ1) is 15.8. The molecule has 4 nitrogen and oxygen atoms in total. The summed E-state index contributed by atoms with van der Waals surface area (Å²) >= 11 is 0. The summed E-state index contributed by atoms with van der Waals surface area (Å²) in [5.74, 6) is 0.826. The Labute approximate surface area is 125 Å². The van der Waals surface area contributed by atoms with E-state index < -0.39 is 0 Å². The molecule has 2 rings (SSSR count). The lowest BCUT2D eigenvalue weighted by Crippen LogP contribution is -2.35. The molecule has 1 aromatic rings. The molecular formula is C16H23FN2O2. The third-order valence-corrected chi connectivity index (χ3v) is 3.84. The Bertz CT molecular complexity index is 461. The Hall–Kier alpha value is -1.62. The van der Waals surface area contributed by atoms with E-state index in [2.05, 4.69) is 5.32 Å². The molecule has 1 heterocycles. The van der Waals surface area contributed by atoms with Crippen LogP contribution in [0, 0.1) is 11.7 Å². The van der Waals surface area contributed by atoms with Gasteiger partial charge < -0.3 is 15.0 Å². The maximum absolute atomic E-state index is 13.0. The molecule has 0 saturated carbocycles. The van der Waals surface area contributed by atoms with Crippen LogP contribution in [-0.4, -0.2) is 44.1 Å². The number of amides is 1. The lowest BCUT2D eigenvalue weighted by atomic mass is 9.94. The molecule has 0 bridgehead atoms. The van der Waals surface area contributed by atoms with Crippen LogP contribution in [-0.2, 0) is 4.79 Å². The second-order valence-corrected chi connectivity index (χ2v) is 5.52. The number of likely N-dealkylation sites (N-methyl/N-ethyl adjacent to an activating group) is 1. The Morgan fingerprint density at radius 1 is 1.43 bits per heavy atom. The maximum atomic E-state index is 13.0. The minimum absolute atomic E-state index is 0.157. The normalized spacial score (nSPS) is 15.7. The summed E-state index contributed by atoms with van der Waals surface area (Å²) in [5, 5.41) is 3.30. The summed E-state index contributed by atoms with van der Waals surface area (Å²) in [6.45, 7) is 2.90. The van der Waals surface area contributed by atoms with Crippen LogP contribution in [0.3, 0.4) is 0 Å². The molecule has 116 valence electrons. The Morgan fingerprint density at radius 3 is 2.90 bits per heavy atom. The third-order valence-electron chi connectivity index (χ3n) is 3.84. The molecule has 1 aliphatic rings. The van der Waals surface area contributed by atoms with Crippen molar-refractivity contribution in [3.05, 3.63) is 30.1 Å². The summed E-state index contributed by atoms with van der Waals surface area (Å²) in [6, 6.07) is 6.04. The van der Waals surface area contributed by atoms with Crippen LogP contribution < -0.4 is 10.1 Å². The first-order valence-electron chi connectivity index (χ1n) is 7.48. The maximum Gasteiger partial charge on any atom is 0.222 e. The predicted octanol–water partition coefficient (Wildman–Crippen LogP) is 2.05. The van der Waals surface area contributed by atoms with Crippen molar-refractivity contribution in [1.29, 1.82) is 0 Å². The second kappa shape index (κ2) is 7.98. The number of carbonyl (C=O) groups is 1. The van der Waals surface area contributed by atoms with Crippen LogP contribution in [0.1, 0.15) is 19.3 Å². The van der Waals surface area contributed by atoms with E-state index in [0.29, 0.717) is 31.2 Å². The van der Waals surface area contributed by atoms with Gasteiger partial charge in [-0.3, -0.25) is 4.79 Å². The number of halogens is 1. The number of carbonyl (C=O) groups excluding carboxylic acids is 1. The number of nitrogens with one attached hydrogen (secondary N) is 1. The number of piperidine rings is 1. The molecule has 1 aliphatic heterocycles. The van der Waals surface area contributed by atoms with Crippen LogP contribution in [0.2, 0.25) is 0 Å². The molecule has 0 spiro atoms. The highest BCUT2D eigenvalue weighted by Crippen LogP contribution is 2.17. The fourth-order valence-corrected chi connectivity index (χ4v) is 2.47. The number of rotatable bonds is 6. The van der Waals surface area contributed by atoms with Gasteiger partial charge in [0.1, 0.15) is 18.2 Å². The standard InChI is InChI=1S/C16H23FN2O2/c1-19(16(20)11-13-5-7-18-8-6-13)9-10-21-15-4-2-3-14(17)12-15/h2-4,12-13,18H,5-11H2,1H3. The van der Waals surface area contributed by atoms with Crippen molar-refractivity contribution >= 4 is 5.91 Å². The molecule has 0 atom stereocenters.